The molecule has 0 aromatic carbocycles. The number of hydrogen-bond donors (Lipinski definition) is 1. The predicted molar refractivity (Wildman–Crippen MR) is 107 cm³/mol. The molecular weight excluding hydrogens is 429 g/mol. The van der Waals surface area contributed by atoms with E-state index in [2.05, 4.69) is 0 Å². The third kappa shape index (κ3) is 15.0. The van der Waals surface area contributed by atoms with Gasteiger partial charge >= 0.3 is 26.7 Å². The predicted octanol–water partition coefficient (Wildman–Crippen LogP) is 4.66. The largest absolute Gasteiger partial charge is 0.478 e. The van der Waals surface area contributed by atoms with Crippen LogP contribution in [0.1, 0.15) is 12.8 Å². The number of carboxylic acids is 1. The molecule has 0 aliphatic heterocycles. The van der Waals surface area contributed by atoms with E-state index in [1.54, 1.807) is 0 Å². The maximum atomic E-state index is 12.9. The highest BCUT2D eigenvalue weighted by atomic mass is 28.5. The summed E-state index contributed by atoms with van der Waals surface area (Å²) in [4.78, 5) is 22.1. The smallest absolute Gasteiger partial charge is 0.392 e. The fourth-order valence-electron chi connectivity index (χ4n) is 2.65. The van der Waals surface area contributed by atoms with Crippen molar-refractivity contribution in [3.05, 3.63) is 12.2 Å². The summed E-state index contributed by atoms with van der Waals surface area (Å²) in [6, 6.07) is 0.234. The van der Waals surface area contributed by atoms with Crippen LogP contribution in [0.3, 0.4) is 0 Å². The highest BCUT2D eigenvalue weighted by molar-refractivity contribution is 6.87. The van der Waals surface area contributed by atoms with Crippen molar-refractivity contribution in [2.45, 2.75) is 77.0 Å². The molecule has 1 unspecified atom stereocenters. The molecule has 164 valence electrons. The van der Waals surface area contributed by atoms with E-state index in [4.69, 9.17) is 18.1 Å². The Morgan fingerprint density at radius 2 is 1.43 bits per heavy atom. The summed E-state index contributed by atoms with van der Waals surface area (Å²) in [5, 5.41) is 8.51. The second kappa shape index (κ2) is 10.2. The van der Waals surface area contributed by atoms with E-state index in [-0.39, 0.29) is 12.5 Å². The van der Waals surface area contributed by atoms with Crippen molar-refractivity contribution >= 4 is 37.1 Å². The van der Waals surface area contributed by atoms with Gasteiger partial charge in [-0.3, -0.25) is 0 Å². The molecule has 0 spiro atoms. The van der Waals surface area contributed by atoms with Gasteiger partial charge in [-0.15, -0.1) is 0 Å². The number of alkyl halides is 3. The van der Waals surface area contributed by atoms with Gasteiger partial charge in [-0.1, -0.05) is 0 Å². The summed E-state index contributed by atoms with van der Waals surface area (Å²) in [5.41, 5.74) is 0. The average molecular weight is 461 g/mol. The number of carboxylic acid groups (broad SMARTS) is 1. The van der Waals surface area contributed by atoms with Crippen LogP contribution in [-0.2, 0) is 22.6 Å². The van der Waals surface area contributed by atoms with Crippen LogP contribution in [0, 0.1) is 0 Å². The molecule has 0 radical (unpaired) electrons. The molecule has 12 heteroatoms. The van der Waals surface area contributed by atoms with Crippen molar-refractivity contribution in [3.8, 4) is 0 Å². The summed E-state index contributed by atoms with van der Waals surface area (Å²) in [7, 11) is -6.83. The molecule has 28 heavy (non-hydrogen) atoms. The van der Waals surface area contributed by atoms with Gasteiger partial charge in [-0.2, -0.15) is 13.2 Å². The number of carbonyl (C=O) groups is 2. The minimum atomic E-state index is -4.53. The summed E-state index contributed by atoms with van der Waals surface area (Å²) in [5.74, 6) is -2.52. The van der Waals surface area contributed by atoms with Crippen molar-refractivity contribution < 1.29 is 40.8 Å². The third-order valence-corrected chi connectivity index (χ3v) is 12.6. The van der Waals surface area contributed by atoms with E-state index in [1.165, 1.54) is 0 Å². The number of halogens is 3. The topological polar surface area (TPSA) is 82.1 Å². The van der Waals surface area contributed by atoms with Gasteiger partial charge in [-0.05, 0) is 58.3 Å². The minimum Gasteiger partial charge on any atom is -0.478 e. The Morgan fingerprint density at radius 1 is 0.964 bits per heavy atom. The summed E-state index contributed by atoms with van der Waals surface area (Å²) in [6.45, 7) is 13.7. The number of hydrogen-bond acceptors (Lipinski definition) is 5. The monoisotopic (exact) mass is 460 g/mol. The van der Waals surface area contributed by atoms with Crippen LogP contribution in [0.2, 0.25) is 51.9 Å². The second-order valence-electron chi connectivity index (χ2n) is 8.65. The minimum absolute atomic E-state index is 0.0795. The van der Waals surface area contributed by atoms with Crippen molar-refractivity contribution in [1.29, 1.82) is 0 Å². The molecule has 0 fully saturated rings. The molecule has 0 rings (SSSR count). The molecule has 0 aliphatic rings. The fraction of sp³-hybridized carbons (Fsp3) is 0.750. The second-order valence-corrected chi connectivity index (χ2v) is 21.5. The molecule has 6 nitrogen and oxygen atoms in total. The third-order valence-electron chi connectivity index (χ3n) is 3.07. The standard InChI is InChI=1S/C16H31F3O6Si3/c1-26(2,3)24-28(7,25-27(4,5)6)11-10-13(12-16(17,18)19)23-15(22)9-8-14(20)21/h8-9,13H,10-12H2,1-7H3,(H,20,21)/b9-8+. The molecule has 1 N–H and O–H groups in total. The SMILES string of the molecule is C[Si](C)(C)O[Si](C)(CCC(CC(F)(F)F)OC(=O)/C=C/C(=O)O)O[Si](C)(C)C. The molecule has 1 atom stereocenters. The van der Waals surface area contributed by atoms with Crippen LogP contribution in [0.4, 0.5) is 13.2 Å². The Labute approximate surface area is 167 Å². The number of carbonyl (C=O) groups excluding carboxylic acids is 1. The first-order valence-corrected chi connectivity index (χ1v) is 18.2. The zero-order valence-electron chi connectivity index (χ0n) is 17.5. The number of ether oxygens (including phenoxy) is 1. The molecule has 0 saturated carbocycles. The molecular formula is C16H31F3O6Si3. The molecule has 0 saturated heterocycles. The maximum absolute atomic E-state index is 12.9. The maximum Gasteiger partial charge on any atom is 0.392 e. The highest BCUT2D eigenvalue weighted by Gasteiger charge is 2.42. The lowest BCUT2D eigenvalue weighted by molar-refractivity contribution is -0.169. The van der Waals surface area contributed by atoms with Crippen LogP contribution < -0.4 is 0 Å². The molecule has 0 aromatic heterocycles. The van der Waals surface area contributed by atoms with Crippen molar-refractivity contribution in [3.63, 3.8) is 0 Å². The van der Waals surface area contributed by atoms with Gasteiger partial charge in [0.05, 0.1) is 6.42 Å². The van der Waals surface area contributed by atoms with Gasteiger partial charge in [0, 0.05) is 12.2 Å². The summed E-state index contributed by atoms with van der Waals surface area (Å²) < 4.78 is 56.0. The van der Waals surface area contributed by atoms with Crippen LogP contribution >= 0.6 is 0 Å². The quantitative estimate of drug-likeness (QED) is 0.274. The fourth-order valence-corrected chi connectivity index (χ4v) is 15.2. The van der Waals surface area contributed by atoms with Gasteiger partial charge in [0.1, 0.15) is 6.10 Å². The van der Waals surface area contributed by atoms with E-state index >= 15 is 0 Å². The molecule has 0 aromatic rings. The summed E-state index contributed by atoms with van der Waals surface area (Å²) >= 11 is 0. The highest BCUT2D eigenvalue weighted by Crippen LogP contribution is 2.30. The number of esters is 1. The van der Waals surface area contributed by atoms with Crippen molar-refractivity contribution in [1.82, 2.24) is 0 Å². The van der Waals surface area contributed by atoms with Gasteiger partial charge in [0.25, 0.3) is 0 Å². The van der Waals surface area contributed by atoms with Gasteiger partial charge in [0.2, 0.25) is 0 Å². The normalized spacial score (nSPS) is 14.9. The molecule has 0 heterocycles. The van der Waals surface area contributed by atoms with Crippen LogP contribution in [0.5, 0.6) is 0 Å². The van der Waals surface area contributed by atoms with Crippen LogP contribution in [-0.4, -0.2) is 54.5 Å². The lowest BCUT2D eigenvalue weighted by Crippen LogP contribution is -2.52. The molecule has 0 bridgehead atoms. The van der Waals surface area contributed by atoms with Crippen LogP contribution in [0.25, 0.3) is 0 Å². The Kier molecular flexibility index (Phi) is 9.84. The Balaban J connectivity index is 5.33. The van der Waals surface area contributed by atoms with Crippen LogP contribution in [0.15, 0.2) is 12.2 Å². The Morgan fingerprint density at radius 3 is 1.79 bits per heavy atom. The van der Waals surface area contributed by atoms with E-state index in [1.807, 2.05) is 45.8 Å². The lowest BCUT2D eigenvalue weighted by atomic mass is 10.2. The van der Waals surface area contributed by atoms with Gasteiger partial charge in [-0.25, -0.2) is 9.59 Å². The molecule has 0 amide bonds. The van der Waals surface area contributed by atoms with Crippen molar-refractivity contribution in [2.24, 2.45) is 0 Å². The Hall–Kier alpha value is -0.959. The first kappa shape index (κ1) is 27.0. The summed E-state index contributed by atoms with van der Waals surface area (Å²) in [6.07, 6.45) is -6.24. The average Bonchev–Trinajstić information content (AvgIpc) is 2.36. The zero-order valence-corrected chi connectivity index (χ0v) is 20.5. The van der Waals surface area contributed by atoms with E-state index in [0.29, 0.717) is 12.2 Å². The zero-order chi connectivity index (χ0) is 22.4. The first-order chi connectivity index (χ1) is 12.3. The first-order valence-electron chi connectivity index (χ1n) is 8.89. The Bertz CT molecular complexity index is 551. The van der Waals surface area contributed by atoms with E-state index in [9.17, 15) is 22.8 Å². The van der Waals surface area contributed by atoms with E-state index in [0.717, 1.165) is 0 Å². The number of aliphatic carboxylic acids is 1. The van der Waals surface area contributed by atoms with Crippen molar-refractivity contribution in [2.75, 3.05) is 0 Å². The van der Waals surface area contributed by atoms with Gasteiger partial charge in [0.15, 0.2) is 16.6 Å². The van der Waals surface area contributed by atoms with E-state index < -0.39 is 55.8 Å². The number of rotatable bonds is 11. The van der Waals surface area contributed by atoms with Gasteiger partial charge < -0.3 is 18.1 Å². The molecule has 0 aliphatic carbocycles. The lowest BCUT2D eigenvalue weighted by Gasteiger charge is -2.39.